The molecule has 0 saturated carbocycles. The van der Waals surface area contributed by atoms with E-state index in [1.807, 2.05) is 32.0 Å². The van der Waals surface area contributed by atoms with Crippen LogP contribution in [0.3, 0.4) is 0 Å². The topological polar surface area (TPSA) is 55.1 Å². The van der Waals surface area contributed by atoms with Gasteiger partial charge in [0, 0.05) is 11.3 Å². The fourth-order valence-corrected chi connectivity index (χ4v) is 2.50. The van der Waals surface area contributed by atoms with E-state index in [0.29, 0.717) is 22.6 Å². The number of aryl methyl sites for hydroxylation is 3. The van der Waals surface area contributed by atoms with Gasteiger partial charge in [0.25, 0.3) is 5.91 Å². The summed E-state index contributed by atoms with van der Waals surface area (Å²) in [5.41, 5.74) is 4.13. The number of aromatic nitrogens is 1. The maximum atomic E-state index is 13.1. The monoisotopic (exact) mass is 324 g/mol. The Bertz CT molecular complexity index is 898. The quantitative estimate of drug-likeness (QED) is 0.762. The summed E-state index contributed by atoms with van der Waals surface area (Å²) in [4.78, 5) is 12.7. The van der Waals surface area contributed by atoms with Crippen molar-refractivity contribution in [3.05, 3.63) is 70.7 Å². The van der Waals surface area contributed by atoms with Gasteiger partial charge in [0.2, 0.25) is 0 Å². The molecule has 1 amide bonds. The molecule has 4 nitrogen and oxygen atoms in total. The lowest BCUT2D eigenvalue weighted by Gasteiger charge is -2.09. The number of amides is 1. The zero-order valence-electron chi connectivity index (χ0n) is 13.7. The third-order valence-corrected chi connectivity index (χ3v) is 3.85. The first kappa shape index (κ1) is 15.9. The van der Waals surface area contributed by atoms with E-state index >= 15 is 0 Å². The van der Waals surface area contributed by atoms with Crippen LogP contribution >= 0.6 is 0 Å². The van der Waals surface area contributed by atoms with Gasteiger partial charge in [-0.05, 0) is 62.2 Å². The average Bonchev–Trinajstić information content (AvgIpc) is 2.93. The standard InChI is InChI=1S/C19H17FN2O2/c1-11-4-5-12(2)16(10-11)21-19(23)17-13(3)24-22-18(17)14-6-8-15(20)9-7-14/h4-10H,1-3H3,(H,21,23). The largest absolute Gasteiger partial charge is 0.360 e. The predicted octanol–water partition coefficient (Wildman–Crippen LogP) is 4.66. The van der Waals surface area contributed by atoms with Crippen LogP contribution in [0.4, 0.5) is 10.1 Å². The minimum absolute atomic E-state index is 0.304. The van der Waals surface area contributed by atoms with Gasteiger partial charge in [0.1, 0.15) is 22.8 Å². The van der Waals surface area contributed by atoms with Crippen molar-refractivity contribution in [2.24, 2.45) is 0 Å². The summed E-state index contributed by atoms with van der Waals surface area (Å²) < 4.78 is 18.3. The number of halogens is 1. The Morgan fingerprint density at radius 2 is 1.79 bits per heavy atom. The Hall–Kier alpha value is -2.95. The smallest absolute Gasteiger partial charge is 0.261 e. The van der Waals surface area contributed by atoms with Crippen molar-refractivity contribution in [2.45, 2.75) is 20.8 Å². The summed E-state index contributed by atoms with van der Waals surface area (Å²) in [5.74, 6) is -0.237. The lowest BCUT2D eigenvalue weighted by molar-refractivity contribution is 0.102. The molecule has 1 heterocycles. The minimum atomic E-state index is -0.347. The van der Waals surface area contributed by atoms with Crippen LogP contribution in [-0.4, -0.2) is 11.1 Å². The molecule has 0 saturated heterocycles. The van der Waals surface area contributed by atoms with Crippen LogP contribution in [0.1, 0.15) is 27.2 Å². The highest BCUT2D eigenvalue weighted by Crippen LogP contribution is 2.27. The number of anilines is 1. The van der Waals surface area contributed by atoms with Gasteiger partial charge in [-0.3, -0.25) is 4.79 Å². The van der Waals surface area contributed by atoms with Crippen molar-refractivity contribution in [1.82, 2.24) is 5.16 Å². The van der Waals surface area contributed by atoms with Crippen LogP contribution in [0.15, 0.2) is 47.0 Å². The number of rotatable bonds is 3. The van der Waals surface area contributed by atoms with Crippen LogP contribution in [0.2, 0.25) is 0 Å². The molecule has 1 N–H and O–H groups in total. The van der Waals surface area contributed by atoms with Gasteiger partial charge in [-0.1, -0.05) is 17.3 Å². The number of hydrogen-bond donors (Lipinski definition) is 1. The number of nitrogens with one attached hydrogen (secondary N) is 1. The van der Waals surface area contributed by atoms with E-state index in [4.69, 9.17) is 4.52 Å². The lowest BCUT2D eigenvalue weighted by Crippen LogP contribution is -2.14. The van der Waals surface area contributed by atoms with Crippen LogP contribution in [0.5, 0.6) is 0 Å². The first-order chi connectivity index (χ1) is 11.5. The van der Waals surface area contributed by atoms with Gasteiger partial charge in [0.05, 0.1) is 0 Å². The summed E-state index contributed by atoms with van der Waals surface area (Å²) in [7, 11) is 0. The lowest BCUT2D eigenvalue weighted by atomic mass is 10.0. The van der Waals surface area contributed by atoms with Crippen molar-refractivity contribution < 1.29 is 13.7 Å². The molecule has 0 aliphatic heterocycles. The molecule has 5 heteroatoms. The summed E-state index contributed by atoms with van der Waals surface area (Å²) >= 11 is 0. The molecule has 24 heavy (non-hydrogen) atoms. The van der Waals surface area contributed by atoms with Crippen LogP contribution in [0.25, 0.3) is 11.3 Å². The second-order valence-corrected chi connectivity index (χ2v) is 5.74. The van der Waals surface area contributed by atoms with Crippen molar-refractivity contribution in [3.63, 3.8) is 0 Å². The Labute approximate surface area is 139 Å². The fraction of sp³-hybridized carbons (Fsp3) is 0.158. The fourth-order valence-electron chi connectivity index (χ4n) is 2.50. The second kappa shape index (κ2) is 6.28. The Morgan fingerprint density at radius 1 is 1.08 bits per heavy atom. The van der Waals surface area contributed by atoms with Crippen LogP contribution in [-0.2, 0) is 0 Å². The van der Waals surface area contributed by atoms with Gasteiger partial charge >= 0.3 is 0 Å². The normalized spacial score (nSPS) is 10.7. The average molecular weight is 324 g/mol. The van der Waals surface area contributed by atoms with E-state index in [1.54, 1.807) is 19.1 Å². The number of benzene rings is 2. The zero-order chi connectivity index (χ0) is 17.3. The van der Waals surface area contributed by atoms with Crippen molar-refractivity contribution in [3.8, 4) is 11.3 Å². The summed E-state index contributed by atoms with van der Waals surface area (Å²) in [6, 6.07) is 11.6. The maximum absolute atomic E-state index is 13.1. The van der Waals surface area contributed by atoms with Crippen molar-refractivity contribution >= 4 is 11.6 Å². The van der Waals surface area contributed by atoms with Gasteiger partial charge in [0.15, 0.2) is 0 Å². The highest BCUT2D eigenvalue weighted by molar-refractivity contribution is 6.09. The van der Waals surface area contributed by atoms with Gasteiger partial charge in [-0.2, -0.15) is 0 Å². The highest BCUT2D eigenvalue weighted by Gasteiger charge is 2.22. The zero-order valence-corrected chi connectivity index (χ0v) is 13.7. The molecule has 0 radical (unpaired) electrons. The van der Waals surface area contributed by atoms with Crippen LogP contribution < -0.4 is 5.32 Å². The Kier molecular flexibility index (Phi) is 4.16. The van der Waals surface area contributed by atoms with E-state index in [9.17, 15) is 9.18 Å². The number of carbonyl (C=O) groups excluding carboxylic acids is 1. The molecule has 0 spiro atoms. The van der Waals surface area contributed by atoms with Crippen LogP contribution in [0, 0.1) is 26.6 Å². The summed E-state index contributed by atoms with van der Waals surface area (Å²) in [6.07, 6.45) is 0. The Balaban J connectivity index is 1.97. The van der Waals surface area contributed by atoms with Crippen molar-refractivity contribution in [2.75, 3.05) is 5.32 Å². The second-order valence-electron chi connectivity index (χ2n) is 5.74. The van der Waals surface area contributed by atoms with Gasteiger partial charge in [-0.15, -0.1) is 0 Å². The van der Waals surface area contributed by atoms with E-state index in [0.717, 1.165) is 16.8 Å². The third-order valence-electron chi connectivity index (χ3n) is 3.85. The molecule has 0 atom stereocenters. The van der Waals surface area contributed by atoms with E-state index in [1.165, 1.54) is 12.1 Å². The Morgan fingerprint density at radius 3 is 2.50 bits per heavy atom. The van der Waals surface area contributed by atoms with E-state index < -0.39 is 0 Å². The highest BCUT2D eigenvalue weighted by atomic mass is 19.1. The molecule has 3 rings (SSSR count). The third kappa shape index (κ3) is 3.06. The molecular weight excluding hydrogens is 307 g/mol. The predicted molar refractivity (Wildman–Crippen MR) is 90.5 cm³/mol. The summed E-state index contributed by atoms with van der Waals surface area (Å²) in [5, 5.41) is 6.86. The summed E-state index contributed by atoms with van der Waals surface area (Å²) in [6.45, 7) is 5.57. The van der Waals surface area contributed by atoms with E-state index in [-0.39, 0.29) is 11.7 Å². The molecular formula is C19H17FN2O2. The number of hydrogen-bond acceptors (Lipinski definition) is 3. The van der Waals surface area contributed by atoms with Crippen molar-refractivity contribution in [1.29, 1.82) is 0 Å². The molecule has 2 aromatic carbocycles. The van der Waals surface area contributed by atoms with Gasteiger partial charge in [-0.25, -0.2) is 4.39 Å². The van der Waals surface area contributed by atoms with E-state index in [2.05, 4.69) is 10.5 Å². The SMILES string of the molecule is Cc1ccc(C)c(NC(=O)c2c(-c3ccc(F)cc3)noc2C)c1. The molecule has 122 valence electrons. The molecule has 1 aromatic heterocycles. The molecule has 3 aromatic rings. The number of carbonyl (C=O) groups is 1. The molecule has 0 fully saturated rings. The number of nitrogens with zero attached hydrogens (tertiary/aromatic N) is 1. The molecule has 0 aliphatic carbocycles. The first-order valence-electron chi connectivity index (χ1n) is 7.56. The maximum Gasteiger partial charge on any atom is 0.261 e. The molecule has 0 aliphatic rings. The minimum Gasteiger partial charge on any atom is -0.360 e. The molecule has 0 bridgehead atoms. The first-order valence-corrected chi connectivity index (χ1v) is 7.56. The molecule has 0 unspecified atom stereocenters. The van der Waals surface area contributed by atoms with Gasteiger partial charge < -0.3 is 9.84 Å².